The van der Waals surface area contributed by atoms with Crippen LogP contribution in [0.15, 0.2) is 12.7 Å². The number of nitrogens with one attached hydrogen (secondary N) is 1. The van der Waals surface area contributed by atoms with Crippen LogP contribution < -0.4 is 5.48 Å². The van der Waals surface area contributed by atoms with Gasteiger partial charge in [0.05, 0.1) is 6.61 Å². The molecule has 0 spiro atoms. The lowest BCUT2D eigenvalue weighted by molar-refractivity contribution is -0.122. The summed E-state index contributed by atoms with van der Waals surface area (Å²) in [5, 5.41) is 0. The van der Waals surface area contributed by atoms with Crippen molar-refractivity contribution in [3.8, 4) is 0 Å². The predicted molar refractivity (Wildman–Crippen MR) is 40.1 cm³/mol. The van der Waals surface area contributed by atoms with Crippen molar-refractivity contribution in [2.75, 3.05) is 6.61 Å². The minimum atomic E-state index is -2.58. The zero-order valence-electron chi connectivity index (χ0n) is 6.12. The monoisotopic (exact) mass is 179 g/mol. The Labute approximate surface area is 65.3 Å². The fourth-order valence-corrected chi connectivity index (χ4v) is 0.759. The van der Waals surface area contributed by atoms with Crippen LogP contribution in [-0.2, 0) is 18.5 Å². The highest BCUT2D eigenvalue weighted by Crippen LogP contribution is 2.20. The van der Waals surface area contributed by atoms with E-state index in [1.54, 1.807) is 6.92 Å². The molecule has 0 fully saturated rings. The summed E-state index contributed by atoms with van der Waals surface area (Å²) in [7, 11) is -2.58. The highest BCUT2D eigenvalue weighted by molar-refractivity contribution is 7.33. The summed E-state index contributed by atoms with van der Waals surface area (Å²) in [6.07, 6.45) is 1.00. The Morgan fingerprint density at radius 2 is 2.45 bits per heavy atom. The molecule has 6 heteroatoms. The third-order valence-corrected chi connectivity index (χ3v) is 1.48. The second-order valence-electron chi connectivity index (χ2n) is 1.46. The Kier molecular flexibility index (Phi) is 5.74. The van der Waals surface area contributed by atoms with E-state index in [1.165, 1.54) is 0 Å². The topological polar surface area (TPSA) is 64.6 Å². The van der Waals surface area contributed by atoms with Crippen LogP contribution >= 0.6 is 8.25 Å². The molecular weight excluding hydrogens is 169 g/mol. The first-order valence-electron chi connectivity index (χ1n) is 2.96. The van der Waals surface area contributed by atoms with Gasteiger partial charge in [-0.25, -0.2) is 5.48 Å². The van der Waals surface area contributed by atoms with E-state index in [-0.39, 0.29) is 6.61 Å². The Morgan fingerprint density at radius 1 is 1.82 bits per heavy atom. The number of carbonyl (C=O) groups is 1. The van der Waals surface area contributed by atoms with Crippen molar-refractivity contribution in [1.82, 2.24) is 5.48 Å². The second kappa shape index (κ2) is 6.09. The molecule has 0 aromatic rings. The normalized spacial score (nSPS) is 12.1. The Morgan fingerprint density at radius 3 is 2.91 bits per heavy atom. The van der Waals surface area contributed by atoms with E-state index in [4.69, 9.17) is 0 Å². The lowest BCUT2D eigenvalue weighted by atomic mass is 10.6. The number of carbonyl (C=O) groups excluding carboxylic acids is 1. The minimum absolute atomic E-state index is 0.280. The molecule has 5 nitrogen and oxygen atoms in total. The van der Waals surface area contributed by atoms with E-state index in [1.807, 2.05) is 5.48 Å². The molecule has 0 radical (unpaired) electrons. The van der Waals surface area contributed by atoms with Gasteiger partial charge in [0.25, 0.3) is 5.91 Å². The van der Waals surface area contributed by atoms with Crippen molar-refractivity contribution >= 4 is 14.2 Å². The Hall–Kier alpha value is -0.640. The number of hydroxylamine groups is 1. The third kappa shape index (κ3) is 5.79. The molecule has 0 saturated heterocycles. The molecule has 1 N–H and O–H groups in total. The average molecular weight is 179 g/mol. The molecule has 0 aliphatic carbocycles. The molecule has 1 atom stereocenters. The van der Waals surface area contributed by atoms with Gasteiger partial charge in [0.15, 0.2) is 0 Å². The summed E-state index contributed by atoms with van der Waals surface area (Å²) in [6, 6.07) is 0. The van der Waals surface area contributed by atoms with Crippen LogP contribution in [0.25, 0.3) is 0 Å². The van der Waals surface area contributed by atoms with Gasteiger partial charge in [-0.3, -0.25) is 9.36 Å². The Bertz CT molecular complexity index is 170. The van der Waals surface area contributed by atoms with Crippen LogP contribution in [0.5, 0.6) is 0 Å². The van der Waals surface area contributed by atoms with Gasteiger partial charge in [0.1, 0.15) is 0 Å². The number of hydrogen-bond acceptors (Lipinski definition) is 4. The van der Waals surface area contributed by atoms with Gasteiger partial charge in [-0.2, -0.15) is 4.62 Å². The first-order valence-corrected chi connectivity index (χ1v) is 4.19. The van der Waals surface area contributed by atoms with Crippen molar-refractivity contribution in [3.63, 3.8) is 0 Å². The fraction of sp³-hybridized carbons (Fsp3) is 0.400. The molecule has 0 rings (SSSR count). The predicted octanol–water partition coefficient (Wildman–Crippen LogP) is 0.646. The lowest BCUT2D eigenvalue weighted by Gasteiger charge is -2.01. The van der Waals surface area contributed by atoms with E-state index in [2.05, 4.69) is 15.7 Å². The van der Waals surface area contributed by atoms with Gasteiger partial charge in [-0.05, 0) is 13.0 Å². The lowest BCUT2D eigenvalue weighted by Crippen LogP contribution is -2.17. The summed E-state index contributed by atoms with van der Waals surface area (Å²) >= 11 is 0. The zero-order chi connectivity index (χ0) is 8.69. The first kappa shape index (κ1) is 10.4. The van der Waals surface area contributed by atoms with Gasteiger partial charge in [0, 0.05) is 0 Å². The molecule has 1 unspecified atom stereocenters. The molecule has 0 aromatic heterocycles. The maximum atomic E-state index is 10.6. The summed E-state index contributed by atoms with van der Waals surface area (Å²) in [5.74, 6) is -0.553. The number of rotatable bonds is 5. The maximum Gasteiger partial charge on any atom is 0.340 e. The third-order valence-electron chi connectivity index (χ3n) is 0.683. The van der Waals surface area contributed by atoms with Crippen molar-refractivity contribution in [2.45, 2.75) is 6.92 Å². The second-order valence-corrected chi connectivity index (χ2v) is 2.45. The maximum absolute atomic E-state index is 10.6. The molecule has 11 heavy (non-hydrogen) atoms. The summed E-state index contributed by atoms with van der Waals surface area (Å²) in [6.45, 7) is 5.11. The molecule has 1 amide bonds. The summed E-state index contributed by atoms with van der Waals surface area (Å²) < 4.78 is 19.4. The van der Waals surface area contributed by atoms with E-state index in [0.29, 0.717) is 0 Å². The van der Waals surface area contributed by atoms with Crippen LogP contribution in [0.3, 0.4) is 0 Å². The van der Waals surface area contributed by atoms with Gasteiger partial charge >= 0.3 is 8.25 Å². The van der Waals surface area contributed by atoms with Crippen LogP contribution in [0, 0.1) is 0 Å². The van der Waals surface area contributed by atoms with Gasteiger partial charge in [0.2, 0.25) is 0 Å². The van der Waals surface area contributed by atoms with Crippen LogP contribution in [0.1, 0.15) is 6.92 Å². The quantitative estimate of drug-likeness (QED) is 0.382. The SMILES string of the molecule is C=CC(=O)NO[PH](=O)OCC. The average Bonchev–Trinajstić information content (AvgIpc) is 2.01. The van der Waals surface area contributed by atoms with E-state index in [9.17, 15) is 9.36 Å². The van der Waals surface area contributed by atoms with E-state index in [0.717, 1.165) is 6.08 Å². The van der Waals surface area contributed by atoms with E-state index >= 15 is 0 Å². The first-order chi connectivity index (χ1) is 5.20. The standard InChI is InChI=1S/C5H10NO4P/c1-3-5(7)6-10-11(8)9-4-2/h3,11H,1,4H2,2H3,(H,6,7). The van der Waals surface area contributed by atoms with Gasteiger partial charge in [-0.1, -0.05) is 6.58 Å². The van der Waals surface area contributed by atoms with Crippen molar-refractivity contribution in [3.05, 3.63) is 12.7 Å². The molecule has 0 saturated carbocycles. The number of amides is 1. The van der Waals surface area contributed by atoms with Crippen LogP contribution in [0.4, 0.5) is 0 Å². The smallest absolute Gasteiger partial charge is 0.310 e. The molecule has 0 aliphatic heterocycles. The van der Waals surface area contributed by atoms with Gasteiger partial charge < -0.3 is 4.52 Å². The Balaban J connectivity index is 3.45. The fourth-order valence-electron chi connectivity index (χ4n) is 0.281. The summed E-state index contributed by atoms with van der Waals surface area (Å²) in [4.78, 5) is 10.4. The molecule has 64 valence electrons. The molecule has 0 aliphatic rings. The zero-order valence-corrected chi connectivity index (χ0v) is 7.12. The summed E-state index contributed by atoms with van der Waals surface area (Å²) in [5.41, 5.74) is 1.87. The molecule has 0 bridgehead atoms. The van der Waals surface area contributed by atoms with Gasteiger partial charge in [-0.15, -0.1) is 0 Å². The largest absolute Gasteiger partial charge is 0.340 e. The minimum Gasteiger partial charge on any atom is -0.310 e. The molecule has 0 aromatic carbocycles. The highest BCUT2D eigenvalue weighted by Gasteiger charge is 1.99. The van der Waals surface area contributed by atoms with Crippen LogP contribution in [0.2, 0.25) is 0 Å². The molecular formula is C5H10NO4P. The van der Waals surface area contributed by atoms with Crippen LogP contribution in [-0.4, -0.2) is 12.5 Å². The molecule has 0 heterocycles. The van der Waals surface area contributed by atoms with Crippen molar-refractivity contribution in [2.24, 2.45) is 0 Å². The number of hydrogen-bond donors (Lipinski definition) is 1. The van der Waals surface area contributed by atoms with Crippen molar-refractivity contribution in [1.29, 1.82) is 0 Å². The van der Waals surface area contributed by atoms with E-state index < -0.39 is 14.2 Å². The highest BCUT2D eigenvalue weighted by atomic mass is 31.1. The van der Waals surface area contributed by atoms with Crippen molar-refractivity contribution < 1.29 is 18.5 Å².